The highest BCUT2D eigenvalue weighted by atomic mass is 79.9. The minimum atomic E-state index is 0.0987. The average molecular weight is 340 g/mol. The van der Waals surface area contributed by atoms with Gasteiger partial charge in [-0.2, -0.15) is 0 Å². The number of nitrogens with two attached hydrogens (primary N) is 1. The molecule has 0 aliphatic carbocycles. The molecule has 0 radical (unpaired) electrons. The van der Waals surface area contributed by atoms with Crippen molar-refractivity contribution < 1.29 is 0 Å². The van der Waals surface area contributed by atoms with E-state index in [9.17, 15) is 0 Å². The van der Waals surface area contributed by atoms with Crippen LogP contribution in [0.25, 0.3) is 0 Å². The fourth-order valence-electron chi connectivity index (χ4n) is 1.14. The Morgan fingerprint density at radius 2 is 1.88 bits per heavy atom. The highest BCUT2D eigenvalue weighted by Gasteiger charge is 2.09. The molecular formula is C10H13BrCl2N4. The molecule has 0 spiro atoms. The van der Waals surface area contributed by atoms with Gasteiger partial charge < -0.3 is 5.32 Å². The molecule has 94 valence electrons. The van der Waals surface area contributed by atoms with E-state index < -0.39 is 0 Å². The fourth-order valence-corrected chi connectivity index (χ4v) is 2.45. The number of hydrazine groups is 1. The molecule has 0 saturated heterocycles. The van der Waals surface area contributed by atoms with Gasteiger partial charge in [-0.1, -0.05) is 39.1 Å². The van der Waals surface area contributed by atoms with Crippen molar-refractivity contribution in [2.45, 2.75) is 19.9 Å². The van der Waals surface area contributed by atoms with Crippen LogP contribution in [0, 0.1) is 0 Å². The van der Waals surface area contributed by atoms with Crippen molar-refractivity contribution >= 4 is 50.8 Å². The van der Waals surface area contributed by atoms with Gasteiger partial charge in [-0.15, -0.1) is 0 Å². The summed E-state index contributed by atoms with van der Waals surface area (Å²) < 4.78 is 0.807. The molecule has 0 atom stereocenters. The lowest BCUT2D eigenvalue weighted by Gasteiger charge is -2.13. The van der Waals surface area contributed by atoms with Crippen LogP contribution in [0.5, 0.6) is 0 Å². The van der Waals surface area contributed by atoms with Crippen LogP contribution in [0.3, 0.4) is 0 Å². The summed E-state index contributed by atoms with van der Waals surface area (Å²) in [6, 6.07) is 3.57. The molecule has 7 heteroatoms. The first-order valence-corrected chi connectivity index (χ1v) is 6.45. The number of anilines is 1. The van der Waals surface area contributed by atoms with E-state index in [-0.39, 0.29) is 6.04 Å². The predicted molar refractivity (Wildman–Crippen MR) is 77.7 cm³/mol. The molecule has 1 aromatic carbocycles. The number of halogens is 3. The van der Waals surface area contributed by atoms with Gasteiger partial charge in [0, 0.05) is 10.5 Å². The first kappa shape index (κ1) is 14.6. The van der Waals surface area contributed by atoms with Gasteiger partial charge in [-0.05, 0) is 26.0 Å². The van der Waals surface area contributed by atoms with E-state index in [1.165, 1.54) is 0 Å². The van der Waals surface area contributed by atoms with E-state index in [0.717, 1.165) is 4.47 Å². The minimum Gasteiger partial charge on any atom is -0.323 e. The highest BCUT2D eigenvalue weighted by Crippen LogP contribution is 2.33. The van der Waals surface area contributed by atoms with E-state index in [4.69, 9.17) is 29.0 Å². The SMILES string of the molecule is CC(C)N=C(NN)Nc1c(Cl)cc(Br)cc1Cl. The van der Waals surface area contributed by atoms with Gasteiger partial charge >= 0.3 is 0 Å². The molecule has 4 N–H and O–H groups in total. The Morgan fingerprint density at radius 1 is 1.35 bits per heavy atom. The summed E-state index contributed by atoms with van der Waals surface area (Å²) in [5, 5.41) is 3.92. The molecule has 1 aromatic rings. The largest absolute Gasteiger partial charge is 0.323 e. The average Bonchev–Trinajstić information content (AvgIpc) is 2.20. The topological polar surface area (TPSA) is 62.4 Å². The van der Waals surface area contributed by atoms with Crippen molar-refractivity contribution in [1.29, 1.82) is 0 Å². The third-order valence-corrected chi connectivity index (χ3v) is 2.83. The molecule has 1 rings (SSSR count). The smallest absolute Gasteiger partial charge is 0.210 e. The van der Waals surface area contributed by atoms with Gasteiger partial charge in [0.1, 0.15) is 0 Å². The number of benzene rings is 1. The number of guanidine groups is 1. The summed E-state index contributed by atoms with van der Waals surface area (Å²) in [7, 11) is 0. The van der Waals surface area contributed by atoms with E-state index in [2.05, 4.69) is 31.7 Å². The van der Waals surface area contributed by atoms with Crippen molar-refractivity contribution in [3.05, 3.63) is 26.7 Å². The molecule has 0 aliphatic heterocycles. The van der Waals surface area contributed by atoms with Crippen molar-refractivity contribution in [3.63, 3.8) is 0 Å². The summed E-state index contributed by atoms with van der Waals surface area (Å²) in [4.78, 5) is 4.24. The molecule has 0 saturated carbocycles. The van der Waals surface area contributed by atoms with Crippen LogP contribution in [0.2, 0.25) is 10.0 Å². The lowest BCUT2D eigenvalue weighted by atomic mass is 10.3. The quantitative estimate of drug-likeness (QED) is 0.335. The van der Waals surface area contributed by atoms with Gasteiger partial charge in [-0.3, -0.25) is 5.43 Å². The maximum absolute atomic E-state index is 6.07. The third-order valence-electron chi connectivity index (χ3n) is 1.77. The molecular weight excluding hydrogens is 327 g/mol. The molecule has 0 aliphatic rings. The lowest BCUT2D eigenvalue weighted by molar-refractivity contribution is 0.819. The lowest BCUT2D eigenvalue weighted by Crippen LogP contribution is -2.37. The molecule has 17 heavy (non-hydrogen) atoms. The summed E-state index contributed by atoms with van der Waals surface area (Å²) in [5.41, 5.74) is 3.02. The zero-order valence-corrected chi connectivity index (χ0v) is 12.5. The second-order valence-corrected chi connectivity index (χ2v) is 5.32. The maximum atomic E-state index is 6.07. The Kier molecular flexibility index (Phi) is 5.52. The van der Waals surface area contributed by atoms with Crippen molar-refractivity contribution in [2.24, 2.45) is 10.8 Å². The van der Waals surface area contributed by atoms with E-state index >= 15 is 0 Å². The van der Waals surface area contributed by atoms with Gasteiger partial charge in [0.15, 0.2) is 0 Å². The number of nitrogens with zero attached hydrogens (tertiary/aromatic N) is 1. The van der Waals surface area contributed by atoms with Crippen LogP contribution in [0.4, 0.5) is 5.69 Å². The molecule has 0 heterocycles. The Bertz CT molecular complexity index is 411. The first-order valence-electron chi connectivity index (χ1n) is 4.90. The Labute approximate surface area is 119 Å². The number of aliphatic imine (C=N–C) groups is 1. The van der Waals surface area contributed by atoms with E-state index in [1.807, 2.05) is 13.8 Å². The summed E-state index contributed by atoms with van der Waals surface area (Å²) >= 11 is 15.4. The van der Waals surface area contributed by atoms with E-state index in [1.54, 1.807) is 12.1 Å². The van der Waals surface area contributed by atoms with Crippen LogP contribution >= 0.6 is 39.1 Å². The molecule has 0 fully saturated rings. The zero-order valence-electron chi connectivity index (χ0n) is 9.39. The van der Waals surface area contributed by atoms with Crippen LogP contribution in [0.15, 0.2) is 21.6 Å². The van der Waals surface area contributed by atoms with Crippen molar-refractivity contribution in [1.82, 2.24) is 5.43 Å². The molecule has 0 bridgehead atoms. The van der Waals surface area contributed by atoms with Crippen LogP contribution < -0.4 is 16.6 Å². The second-order valence-electron chi connectivity index (χ2n) is 3.59. The minimum absolute atomic E-state index is 0.0987. The van der Waals surface area contributed by atoms with Crippen LogP contribution in [-0.4, -0.2) is 12.0 Å². The Balaban J connectivity index is 3.02. The molecule has 4 nitrogen and oxygen atoms in total. The summed E-state index contributed by atoms with van der Waals surface area (Å²) in [6.45, 7) is 3.87. The van der Waals surface area contributed by atoms with Crippen molar-refractivity contribution in [2.75, 3.05) is 5.32 Å². The maximum Gasteiger partial charge on any atom is 0.210 e. The van der Waals surface area contributed by atoms with Crippen molar-refractivity contribution in [3.8, 4) is 0 Å². The zero-order chi connectivity index (χ0) is 13.0. The number of nitrogens with one attached hydrogen (secondary N) is 2. The van der Waals surface area contributed by atoms with Gasteiger partial charge in [0.2, 0.25) is 5.96 Å². The monoisotopic (exact) mass is 338 g/mol. The fraction of sp³-hybridized carbons (Fsp3) is 0.300. The number of rotatable bonds is 2. The normalized spacial score (nSPS) is 11.8. The first-order chi connectivity index (χ1) is 7.93. The third kappa shape index (κ3) is 4.35. The van der Waals surface area contributed by atoms with E-state index in [0.29, 0.717) is 21.7 Å². The van der Waals surface area contributed by atoms with Gasteiger partial charge in [-0.25, -0.2) is 10.8 Å². The second kappa shape index (κ2) is 6.44. The molecule has 0 aromatic heterocycles. The Hall–Kier alpha value is -0.490. The number of hydrogen-bond donors (Lipinski definition) is 3. The molecule has 0 amide bonds. The van der Waals surface area contributed by atoms with Gasteiger partial charge in [0.05, 0.1) is 15.7 Å². The standard InChI is InChI=1S/C10H13BrCl2N4/c1-5(2)15-10(17-14)16-9-7(12)3-6(11)4-8(9)13/h3-5H,14H2,1-2H3,(H2,15,16,17). The van der Waals surface area contributed by atoms with Gasteiger partial charge in [0.25, 0.3) is 0 Å². The van der Waals surface area contributed by atoms with Crippen LogP contribution in [-0.2, 0) is 0 Å². The predicted octanol–water partition coefficient (Wildman–Crippen LogP) is 3.40. The molecule has 0 unspecified atom stereocenters. The van der Waals surface area contributed by atoms with Crippen LogP contribution in [0.1, 0.15) is 13.8 Å². The highest BCUT2D eigenvalue weighted by molar-refractivity contribution is 9.10. The Morgan fingerprint density at radius 3 is 2.29 bits per heavy atom. The summed E-state index contributed by atoms with van der Waals surface area (Å²) in [6.07, 6.45) is 0. The number of hydrogen-bond acceptors (Lipinski definition) is 2. The summed E-state index contributed by atoms with van der Waals surface area (Å²) in [5.74, 6) is 5.77.